The average molecular weight is 247 g/mol. The summed E-state index contributed by atoms with van der Waals surface area (Å²) in [6.07, 6.45) is 5.48. The van der Waals surface area contributed by atoms with Crippen molar-refractivity contribution in [2.45, 2.75) is 44.6 Å². The predicted octanol–water partition coefficient (Wildman–Crippen LogP) is 2.00. The van der Waals surface area contributed by atoms with Crippen LogP contribution in [0.15, 0.2) is 18.2 Å². The van der Waals surface area contributed by atoms with Crippen LogP contribution in [0.3, 0.4) is 0 Å². The van der Waals surface area contributed by atoms with Crippen LogP contribution in [0.4, 0.5) is 0 Å². The first kappa shape index (κ1) is 13.1. The van der Waals surface area contributed by atoms with E-state index in [1.165, 1.54) is 23.8 Å². The minimum absolute atomic E-state index is 0.115. The summed E-state index contributed by atoms with van der Waals surface area (Å²) in [5.41, 5.74) is 10.3. The third kappa shape index (κ3) is 3.10. The molecule has 98 valence electrons. The van der Waals surface area contributed by atoms with Gasteiger partial charge in [0.2, 0.25) is 0 Å². The van der Waals surface area contributed by atoms with Crippen molar-refractivity contribution in [3.05, 3.63) is 34.9 Å². The Kier molecular flexibility index (Phi) is 4.37. The van der Waals surface area contributed by atoms with Gasteiger partial charge in [0.25, 0.3) is 0 Å². The van der Waals surface area contributed by atoms with E-state index in [4.69, 9.17) is 5.73 Å². The van der Waals surface area contributed by atoms with Crippen molar-refractivity contribution >= 4 is 5.97 Å². The number of carbonyl (C=O) groups is 1. The molecular formula is C15H21NO2. The molecule has 0 aromatic heterocycles. The lowest BCUT2D eigenvalue weighted by atomic mass is 9.98. The zero-order chi connectivity index (χ0) is 13.0. The SMILES string of the molecule is COC(=O)CCCCc1cccc2c1CC(N)C2. The second-order valence-corrected chi connectivity index (χ2v) is 5.01. The first-order chi connectivity index (χ1) is 8.70. The Morgan fingerprint density at radius 3 is 3.00 bits per heavy atom. The summed E-state index contributed by atoms with van der Waals surface area (Å²) in [5.74, 6) is -0.115. The number of ether oxygens (including phenoxy) is 1. The van der Waals surface area contributed by atoms with Crippen LogP contribution in [-0.4, -0.2) is 19.1 Å². The number of unbranched alkanes of at least 4 members (excludes halogenated alkanes) is 1. The number of fused-ring (bicyclic) bond motifs is 1. The van der Waals surface area contributed by atoms with Crippen molar-refractivity contribution in [1.82, 2.24) is 0 Å². The highest BCUT2D eigenvalue weighted by molar-refractivity contribution is 5.68. The fraction of sp³-hybridized carbons (Fsp3) is 0.533. The molecule has 0 amide bonds. The van der Waals surface area contributed by atoms with Crippen molar-refractivity contribution in [3.63, 3.8) is 0 Å². The second kappa shape index (κ2) is 6.01. The van der Waals surface area contributed by atoms with Crippen LogP contribution < -0.4 is 5.73 Å². The highest BCUT2D eigenvalue weighted by Crippen LogP contribution is 2.25. The Bertz CT molecular complexity index is 429. The van der Waals surface area contributed by atoms with E-state index in [9.17, 15) is 4.79 Å². The molecule has 0 spiro atoms. The number of esters is 1. The van der Waals surface area contributed by atoms with Gasteiger partial charge in [0.15, 0.2) is 0 Å². The van der Waals surface area contributed by atoms with Gasteiger partial charge in [0, 0.05) is 12.5 Å². The topological polar surface area (TPSA) is 52.3 Å². The molecule has 1 aliphatic rings. The Labute approximate surface area is 108 Å². The molecule has 2 N–H and O–H groups in total. The molecule has 0 saturated carbocycles. The van der Waals surface area contributed by atoms with Gasteiger partial charge in [-0.1, -0.05) is 18.2 Å². The Hall–Kier alpha value is -1.35. The van der Waals surface area contributed by atoms with E-state index in [2.05, 4.69) is 22.9 Å². The molecule has 2 rings (SSSR count). The lowest BCUT2D eigenvalue weighted by molar-refractivity contribution is -0.140. The van der Waals surface area contributed by atoms with Crippen LogP contribution in [0.2, 0.25) is 0 Å². The summed E-state index contributed by atoms with van der Waals surface area (Å²) < 4.78 is 4.64. The number of rotatable bonds is 5. The van der Waals surface area contributed by atoms with Crippen molar-refractivity contribution in [2.24, 2.45) is 5.73 Å². The smallest absolute Gasteiger partial charge is 0.305 e. The van der Waals surface area contributed by atoms with E-state index in [1.54, 1.807) is 0 Å². The lowest BCUT2D eigenvalue weighted by Crippen LogP contribution is -2.19. The van der Waals surface area contributed by atoms with Gasteiger partial charge in [0.05, 0.1) is 7.11 Å². The van der Waals surface area contributed by atoms with E-state index in [0.29, 0.717) is 6.42 Å². The van der Waals surface area contributed by atoms with Gasteiger partial charge >= 0.3 is 5.97 Å². The summed E-state index contributed by atoms with van der Waals surface area (Å²) in [6, 6.07) is 6.78. The lowest BCUT2D eigenvalue weighted by Gasteiger charge is -2.08. The molecule has 1 aliphatic carbocycles. The maximum Gasteiger partial charge on any atom is 0.305 e. The number of benzene rings is 1. The molecule has 1 aromatic rings. The molecule has 0 radical (unpaired) electrons. The first-order valence-corrected chi connectivity index (χ1v) is 6.62. The number of hydrogen-bond acceptors (Lipinski definition) is 3. The quantitative estimate of drug-likeness (QED) is 0.639. The number of carbonyl (C=O) groups excluding carboxylic acids is 1. The van der Waals surface area contributed by atoms with E-state index in [1.807, 2.05) is 0 Å². The molecule has 0 saturated heterocycles. The monoisotopic (exact) mass is 247 g/mol. The van der Waals surface area contributed by atoms with Crippen LogP contribution in [0.1, 0.15) is 36.0 Å². The van der Waals surface area contributed by atoms with E-state index >= 15 is 0 Å². The van der Waals surface area contributed by atoms with Gasteiger partial charge in [-0.25, -0.2) is 0 Å². The summed E-state index contributed by atoms with van der Waals surface area (Å²) in [7, 11) is 1.44. The summed E-state index contributed by atoms with van der Waals surface area (Å²) in [6.45, 7) is 0. The zero-order valence-electron chi connectivity index (χ0n) is 10.9. The van der Waals surface area contributed by atoms with Gasteiger partial charge in [-0.3, -0.25) is 4.79 Å². The fourth-order valence-electron chi connectivity index (χ4n) is 2.68. The number of nitrogens with two attached hydrogens (primary N) is 1. The van der Waals surface area contributed by atoms with Crippen molar-refractivity contribution in [2.75, 3.05) is 7.11 Å². The van der Waals surface area contributed by atoms with Crippen LogP contribution in [0.25, 0.3) is 0 Å². The van der Waals surface area contributed by atoms with Gasteiger partial charge in [0.1, 0.15) is 0 Å². The van der Waals surface area contributed by atoms with E-state index in [-0.39, 0.29) is 12.0 Å². The summed E-state index contributed by atoms with van der Waals surface area (Å²) >= 11 is 0. The predicted molar refractivity (Wildman–Crippen MR) is 71.4 cm³/mol. The molecule has 3 nitrogen and oxygen atoms in total. The normalized spacial score (nSPS) is 17.6. The molecule has 0 bridgehead atoms. The van der Waals surface area contributed by atoms with Gasteiger partial charge < -0.3 is 10.5 Å². The third-order valence-corrected chi connectivity index (χ3v) is 3.62. The maximum atomic E-state index is 11.0. The maximum absolute atomic E-state index is 11.0. The first-order valence-electron chi connectivity index (χ1n) is 6.62. The third-order valence-electron chi connectivity index (χ3n) is 3.62. The fourth-order valence-corrected chi connectivity index (χ4v) is 2.68. The Morgan fingerprint density at radius 2 is 2.22 bits per heavy atom. The van der Waals surface area contributed by atoms with Crippen molar-refractivity contribution in [1.29, 1.82) is 0 Å². The minimum Gasteiger partial charge on any atom is -0.469 e. The van der Waals surface area contributed by atoms with Gasteiger partial charge in [-0.05, 0) is 48.8 Å². The molecule has 1 atom stereocenters. The minimum atomic E-state index is -0.115. The van der Waals surface area contributed by atoms with Crippen LogP contribution in [0.5, 0.6) is 0 Å². The summed E-state index contributed by atoms with van der Waals surface area (Å²) in [4.78, 5) is 11.0. The van der Waals surface area contributed by atoms with Crippen LogP contribution >= 0.6 is 0 Å². The van der Waals surface area contributed by atoms with Crippen LogP contribution in [0, 0.1) is 0 Å². The summed E-state index contributed by atoms with van der Waals surface area (Å²) in [5, 5.41) is 0. The zero-order valence-corrected chi connectivity index (χ0v) is 10.9. The van der Waals surface area contributed by atoms with Crippen molar-refractivity contribution in [3.8, 4) is 0 Å². The molecule has 0 aliphatic heterocycles. The Morgan fingerprint density at radius 1 is 1.39 bits per heavy atom. The highest BCUT2D eigenvalue weighted by Gasteiger charge is 2.20. The average Bonchev–Trinajstić information content (AvgIpc) is 2.75. The standard InChI is InChI=1S/C15H21NO2/c1-18-15(17)8-3-2-5-11-6-4-7-12-9-13(16)10-14(11)12/h4,6-7,13H,2-3,5,8-10,16H2,1H3. The molecule has 3 heteroatoms. The molecule has 0 fully saturated rings. The van der Waals surface area contributed by atoms with E-state index in [0.717, 1.165) is 32.1 Å². The largest absolute Gasteiger partial charge is 0.469 e. The molecule has 18 heavy (non-hydrogen) atoms. The number of aryl methyl sites for hydroxylation is 1. The second-order valence-electron chi connectivity index (χ2n) is 5.01. The van der Waals surface area contributed by atoms with Gasteiger partial charge in [-0.15, -0.1) is 0 Å². The molecule has 0 heterocycles. The molecular weight excluding hydrogens is 226 g/mol. The number of methoxy groups -OCH3 is 1. The van der Waals surface area contributed by atoms with Crippen LogP contribution in [-0.2, 0) is 28.8 Å². The Balaban J connectivity index is 1.87. The van der Waals surface area contributed by atoms with Gasteiger partial charge in [-0.2, -0.15) is 0 Å². The highest BCUT2D eigenvalue weighted by atomic mass is 16.5. The number of hydrogen-bond donors (Lipinski definition) is 1. The van der Waals surface area contributed by atoms with E-state index < -0.39 is 0 Å². The molecule has 1 unspecified atom stereocenters. The van der Waals surface area contributed by atoms with Crippen molar-refractivity contribution < 1.29 is 9.53 Å². The molecule has 1 aromatic carbocycles.